The Morgan fingerprint density at radius 1 is 1.64 bits per heavy atom. The molecule has 0 spiro atoms. The van der Waals surface area contributed by atoms with Crippen LogP contribution < -0.4 is 5.32 Å². The molecule has 0 aromatic carbocycles. The van der Waals surface area contributed by atoms with E-state index in [9.17, 15) is 4.79 Å². The van der Waals surface area contributed by atoms with Crippen molar-refractivity contribution in [3.63, 3.8) is 0 Å². The summed E-state index contributed by atoms with van der Waals surface area (Å²) in [5.74, 6) is 1.35. The number of amides is 1. The molecule has 0 bridgehead atoms. The Bertz CT molecular complexity index is 235. The van der Waals surface area contributed by atoms with Crippen molar-refractivity contribution in [3.8, 4) is 0 Å². The SMILES string of the molecule is Cc1nc(CNC=O)oc1C. The highest BCUT2D eigenvalue weighted by Crippen LogP contribution is 2.07. The van der Waals surface area contributed by atoms with Gasteiger partial charge >= 0.3 is 0 Å². The number of aromatic nitrogens is 1. The maximum Gasteiger partial charge on any atom is 0.214 e. The molecule has 60 valence electrons. The fourth-order valence-corrected chi connectivity index (χ4v) is 0.744. The van der Waals surface area contributed by atoms with E-state index in [1.54, 1.807) is 0 Å². The normalized spacial score (nSPS) is 9.64. The van der Waals surface area contributed by atoms with Crippen LogP contribution in [0.2, 0.25) is 0 Å². The van der Waals surface area contributed by atoms with E-state index >= 15 is 0 Å². The summed E-state index contributed by atoms with van der Waals surface area (Å²) in [5, 5.41) is 2.47. The second kappa shape index (κ2) is 3.18. The van der Waals surface area contributed by atoms with Gasteiger partial charge in [-0.2, -0.15) is 0 Å². The van der Waals surface area contributed by atoms with Crippen LogP contribution in [0.3, 0.4) is 0 Å². The molecule has 0 saturated carbocycles. The quantitative estimate of drug-likeness (QED) is 0.646. The minimum absolute atomic E-state index is 0.359. The van der Waals surface area contributed by atoms with Crippen molar-refractivity contribution < 1.29 is 9.21 Å². The topological polar surface area (TPSA) is 55.1 Å². The van der Waals surface area contributed by atoms with E-state index in [-0.39, 0.29) is 0 Å². The number of carbonyl (C=O) groups is 1. The molecule has 0 aliphatic rings. The van der Waals surface area contributed by atoms with Gasteiger partial charge in [-0.3, -0.25) is 4.79 Å². The van der Waals surface area contributed by atoms with Crippen molar-refractivity contribution in [2.45, 2.75) is 20.4 Å². The van der Waals surface area contributed by atoms with E-state index in [1.165, 1.54) is 0 Å². The number of oxazole rings is 1. The number of aryl methyl sites for hydroxylation is 2. The lowest BCUT2D eigenvalue weighted by Crippen LogP contribution is -2.09. The largest absolute Gasteiger partial charge is 0.444 e. The summed E-state index contributed by atoms with van der Waals surface area (Å²) >= 11 is 0. The molecule has 1 amide bonds. The smallest absolute Gasteiger partial charge is 0.214 e. The Labute approximate surface area is 64.6 Å². The number of hydrogen-bond donors (Lipinski definition) is 1. The Balaban J connectivity index is 2.64. The predicted octanol–water partition coefficient (Wildman–Crippen LogP) is 0.537. The maximum absolute atomic E-state index is 9.89. The Hall–Kier alpha value is -1.32. The average molecular weight is 154 g/mol. The van der Waals surface area contributed by atoms with Crippen LogP contribution in [0.4, 0.5) is 0 Å². The number of hydrogen-bond acceptors (Lipinski definition) is 3. The molecule has 0 atom stereocenters. The van der Waals surface area contributed by atoms with E-state index in [0.29, 0.717) is 18.8 Å². The summed E-state index contributed by atoms with van der Waals surface area (Å²) in [5.41, 5.74) is 0.868. The summed E-state index contributed by atoms with van der Waals surface area (Å²) in [6.07, 6.45) is 0.620. The third-order valence-electron chi connectivity index (χ3n) is 1.41. The van der Waals surface area contributed by atoms with E-state index in [1.807, 2.05) is 13.8 Å². The first-order valence-corrected chi connectivity index (χ1v) is 3.34. The van der Waals surface area contributed by atoms with Crippen LogP contribution >= 0.6 is 0 Å². The monoisotopic (exact) mass is 154 g/mol. The van der Waals surface area contributed by atoms with Crippen molar-refractivity contribution in [3.05, 3.63) is 17.3 Å². The predicted molar refractivity (Wildman–Crippen MR) is 38.9 cm³/mol. The van der Waals surface area contributed by atoms with Gasteiger partial charge in [0.05, 0.1) is 12.2 Å². The molecule has 4 nitrogen and oxygen atoms in total. The highest BCUT2D eigenvalue weighted by atomic mass is 16.4. The molecule has 0 unspecified atom stereocenters. The minimum Gasteiger partial charge on any atom is -0.444 e. The molecule has 0 aliphatic heterocycles. The molecule has 0 fully saturated rings. The highest BCUT2D eigenvalue weighted by molar-refractivity contribution is 5.45. The lowest BCUT2D eigenvalue weighted by Gasteiger charge is -1.89. The first-order chi connectivity index (χ1) is 5.24. The minimum atomic E-state index is 0.359. The molecular formula is C7H10N2O2. The van der Waals surface area contributed by atoms with Crippen LogP contribution in [0, 0.1) is 13.8 Å². The molecule has 1 heterocycles. The van der Waals surface area contributed by atoms with Crippen molar-refractivity contribution >= 4 is 6.41 Å². The van der Waals surface area contributed by atoms with Gasteiger partial charge in [-0.05, 0) is 13.8 Å². The standard InChI is InChI=1S/C7H10N2O2/c1-5-6(2)11-7(9-5)3-8-4-10/h4H,3H2,1-2H3,(H,8,10). The lowest BCUT2D eigenvalue weighted by atomic mass is 10.4. The van der Waals surface area contributed by atoms with Gasteiger partial charge in [0.15, 0.2) is 0 Å². The van der Waals surface area contributed by atoms with Gasteiger partial charge in [0, 0.05) is 0 Å². The second-order valence-corrected chi connectivity index (χ2v) is 2.25. The molecular weight excluding hydrogens is 144 g/mol. The molecule has 4 heteroatoms. The first-order valence-electron chi connectivity index (χ1n) is 3.34. The van der Waals surface area contributed by atoms with Crippen LogP contribution in [-0.2, 0) is 11.3 Å². The zero-order chi connectivity index (χ0) is 8.27. The summed E-state index contributed by atoms with van der Waals surface area (Å²) < 4.78 is 5.18. The van der Waals surface area contributed by atoms with Gasteiger partial charge in [0.2, 0.25) is 12.3 Å². The molecule has 0 aliphatic carbocycles. The van der Waals surface area contributed by atoms with Crippen LogP contribution in [0.25, 0.3) is 0 Å². The van der Waals surface area contributed by atoms with Gasteiger partial charge in [0.1, 0.15) is 5.76 Å². The zero-order valence-electron chi connectivity index (χ0n) is 6.55. The molecule has 1 N–H and O–H groups in total. The molecule has 1 rings (SSSR count). The van der Waals surface area contributed by atoms with Crippen molar-refractivity contribution in [1.29, 1.82) is 0 Å². The zero-order valence-corrected chi connectivity index (χ0v) is 6.55. The summed E-state index contributed by atoms with van der Waals surface area (Å²) in [7, 11) is 0. The van der Waals surface area contributed by atoms with Gasteiger partial charge in [-0.1, -0.05) is 0 Å². The molecule has 1 aromatic rings. The summed E-state index contributed by atoms with van der Waals surface area (Å²) in [6.45, 7) is 4.06. The fourth-order valence-electron chi connectivity index (χ4n) is 0.744. The Morgan fingerprint density at radius 3 is 2.82 bits per heavy atom. The molecule has 0 saturated heterocycles. The van der Waals surface area contributed by atoms with Gasteiger partial charge in [-0.15, -0.1) is 0 Å². The van der Waals surface area contributed by atoms with Gasteiger partial charge in [-0.25, -0.2) is 4.98 Å². The highest BCUT2D eigenvalue weighted by Gasteiger charge is 2.03. The van der Waals surface area contributed by atoms with E-state index < -0.39 is 0 Å². The number of nitrogens with zero attached hydrogens (tertiary/aromatic N) is 1. The Kier molecular flexibility index (Phi) is 2.25. The summed E-state index contributed by atoms with van der Waals surface area (Å²) in [6, 6.07) is 0. The van der Waals surface area contributed by atoms with Crippen LogP contribution in [0.5, 0.6) is 0 Å². The van der Waals surface area contributed by atoms with Crippen LogP contribution in [0.1, 0.15) is 17.3 Å². The number of carbonyl (C=O) groups excluding carboxylic acids is 1. The van der Waals surface area contributed by atoms with Gasteiger partial charge in [0.25, 0.3) is 0 Å². The molecule has 0 radical (unpaired) electrons. The summed E-state index contributed by atoms with van der Waals surface area (Å²) in [4.78, 5) is 13.9. The van der Waals surface area contributed by atoms with E-state index in [0.717, 1.165) is 11.5 Å². The maximum atomic E-state index is 9.89. The van der Waals surface area contributed by atoms with Crippen molar-refractivity contribution in [2.75, 3.05) is 0 Å². The molecule has 1 aromatic heterocycles. The first kappa shape index (κ1) is 7.78. The van der Waals surface area contributed by atoms with Crippen molar-refractivity contribution in [2.24, 2.45) is 0 Å². The number of nitrogens with one attached hydrogen (secondary N) is 1. The third kappa shape index (κ3) is 1.80. The van der Waals surface area contributed by atoms with Crippen LogP contribution in [-0.4, -0.2) is 11.4 Å². The van der Waals surface area contributed by atoms with Crippen LogP contribution in [0.15, 0.2) is 4.42 Å². The van der Waals surface area contributed by atoms with Gasteiger partial charge < -0.3 is 9.73 Å². The fraction of sp³-hybridized carbons (Fsp3) is 0.429. The molecule has 11 heavy (non-hydrogen) atoms. The van der Waals surface area contributed by atoms with E-state index in [2.05, 4.69) is 10.3 Å². The number of rotatable bonds is 3. The lowest BCUT2D eigenvalue weighted by molar-refractivity contribution is -0.109. The third-order valence-corrected chi connectivity index (χ3v) is 1.41. The van der Waals surface area contributed by atoms with E-state index in [4.69, 9.17) is 4.42 Å². The Morgan fingerprint density at radius 2 is 2.36 bits per heavy atom. The second-order valence-electron chi connectivity index (χ2n) is 2.25. The average Bonchev–Trinajstić information content (AvgIpc) is 2.28. The van der Waals surface area contributed by atoms with Crippen molar-refractivity contribution in [1.82, 2.24) is 10.3 Å².